The van der Waals surface area contributed by atoms with Crippen molar-refractivity contribution < 1.29 is 14.1 Å². The number of hydrogen-bond acceptors (Lipinski definition) is 5. The molecule has 8 heteroatoms. The summed E-state index contributed by atoms with van der Waals surface area (Å²) in [4.78, 5) is 22.4. The maximum atomic E-state index is 12.0. The van der Waals surface area contributed by atoms with E-state index in [-0.39, 0.29) is 28.8 Å². The van der Waals surface area contributed by atoms with Crippen molar-refractivity contribution in [3.8, 4) is 0 Å². The van der Waals surface area contributed by atoms with Crippen LogP contribution in [0, 0.1) is 10.1 Å². The first kappa shape index (κ1) is 15.8. The number of nitrogens with zero attached hydrogens (tertiary/aromatic N) is 1. The highest BCUT2D eigenvalue weighted by Crippen LogP contribution is 2.28. The Morgan fingerprint density at radius 3 is 2.86 bits per heavy atom. The van der Waals surface area contributed by atoms with Gasteiger partial charge in [-0.2, -0.15) is 0 Å². The molecular weight excluding hydrogens is 310 g/mol. The molecule has 0 saturated carbocycles. The van der Waals surface area contributed by atoms with Crippen LogP contribution < -0.4 is 10.6 Å². The number of benzene rings is 1. The van der Waals surface area contributed by atoms with Crippen LogP contribution in [0.3, 0.4) is 0 Å². The van der Waals surface area contributed by atoms with Crippen molar-refractivity contribution in [1.29, 1.82) is 0 Å². The van der Waals surface area contributed by atoms with Crippen LogP contribution in [0.5, 0.6) is 0 Å². The summed E-state index contributed by atoms with van der Waals surface area (Å²) in [6.07, 6.45) is 1.51. The largest absolute Gasteiger partial charge is 0.467 e. The van der Waals surface area contributed by atoms with Gasteiger partial charge in [0.1, 0.15) is 17.5 Å². The summed E-state index contributed by atoms with van der Waals surface area (Å²) in [5.74, 6) is 0.318. The summed E-state index contributed by atoms with van der Waals surface area (Å²) < 4.78 is 5.11. The Labute approximate surface area is 131 Å². The van der Waals surface area contributed by atoms with Gasteiger partial charge in [-0.25, -0.2) is 0 Å². The molecule has 7 nitrogen and oxygen atoms in total. The van der Waals surface area contributed by atoms with Gasteiger partial charge >= 0.3 is 0 Å². The molecule has 1 amide bonds. The lowest BCUT2D eigenvalue weighted by Crippen LogP contribution is -2.37. The van der Waals surface area contributed by atoms with Gasteiger partial charge in [-0.05, 0) is 31.2 Å². The monoisotopic (exact) mass is 323 g/mol. The summed E-state index contributed by atoms with van der Waals surface area (Å²) in [5.41, 5.74) is 0.0493. The molecule has 1 aromatic carbocycles. The highest BCUT2D eigenvalue weighted by Gasteiger charge is 2.19. The Morgan fingerprint density at radius 1 is 1.45 bits per heavy atom. The lowest BCUT2D eigenvalue weighted by Gasteiger charge is -2.15. The van der Waals surface area contributed by atoms with E-state index in [9.17, 15) is 14.9 Å². The highest BCUT2D eigenvalue weighted by atomic mass is 35.5. The maximum absolute atomic E-state index is 12.0. The molecule has 1 aromatic heterocycles. The minimum atomic E-state index is -0.658. The third-order valence-corrected chi connectivity index (χ3v) is 3.17. The molecule has 2 rings (SSSR count). The molecule has 116 valence electrons. The fourth-order valence-electron chi connectivity index (χ4n) is 1.82. The SMILES string of the molecule is CC(Nc1ccc(Cl)cc1[N+](=O)[O-])C(=O)NCc1ccco1. The third-order valence-electron chi connectivity index (χ3n) is 2.94. The van der Waals surface area contributed by atoms with Crippen LogP contribution in [0.2, 0.25) is 5.02 Å². The van der Waals surface area contributed by atoms with E-state index in [1.807, 2.05) is 0 Å². The summed E-state index contributed by atoms with van der Waals surface area (Å²) in [6.45, 7) is 1.86. The number of hydrogen-bond donors (Lipinski definition) is 2. The standard InChI is InChI=1S/C14H14ClN3O4/c1-9(14(19)16-8-11-3-2-6-22-11)17-12-5-4-10(15)7-13(12)18(20)21/h2-7,9,17H,8H2,1H3,(H,16,19). The Morgan fingerprint density at radius 2 is 2.23 bits per heavy atom. The summed E-state index contributed by atoms with van der Waals surface area (Å²) in [6, 6.07) is 7.02. The number of rotatable bonds is 6. The average molecular weight is 324 g/mol. The normalized spacial score (nSPS) is 11.7. The first-order chi connectivity index (χ1) is 10.5. The van der Waals surface area contributed by atoms with Gasteiger partial charge < -0.3 is 15.1 Å². The van der Waals surface area contributed by atoms with Crippen molar-refractivity contribution in [1.82, 2.24) is 5.32 Å². The van der Waals surface area contributed by atoms with Crippen LogP contribution in [-0.2, 0) is 11.3 Å². The fraction of sp³-hybridized carbons (Fsp3) is 0.214. The molecule has 0 saturated heterocycles. The number of halogens is 1. The zero-order chi connectivity index (χ0) is 16.1. The van der Waals surface area contributed by atoms with Gasteiger partial charge in [-0.15, -0.1) is 0 Å². The van der Waals surface area contributed by atoms with Gasteiger partial charge in [-0.3, -0.25) is 14.9 Å². The van der Waals surface area contributed by atoms with Crippen molar-refractivity contribution >= 4 is 28.9 Å². The van der Waals surface area contributed by atoms with Crippen molar-refractivity contribution in [3.63, 3.8) is 0 Å². The molecule has 1 unspecified atom stereocenters. The van der Waals surface area contributed by atoms with Gasteiger partial charge in [0.25, 0.3) is 5.69 Å². The molecule has 22 heavy (non-hydrogen) atoms. The molecule has 2 N–H and O–H groups in total. The van der Waals surface area contributed by atoms with Crippen molar-refractivity contribution in [2.45, 2.75) is 19.5 Å². The van der Waals surface area contributed by atoms with E-state index in [1.54, 1.807) is 19.1 Å². The lowest BCUT2D eigenvalue weighted by atomic mass is 10.2. The number of furan rings is 1. The van der Waals surface area contributed by atoms with Gasteiger partial charge in [0.15, 0.2) is 0 Å². The minimum Gasteiger partial charge on any atom is -0.467 e. The molecular formula is C14H14ClN3O4. The van der Waals surface area contributed by atoms with Crippen LogP contribution in [0.25, 0.3) is 0 Å². The van der Waals surface area contributed by atoms with Crippen molar-refractivity contribution in [2.24, 2.45) is 0 Å². The molecule has 0 fully saturated rings. The second kappa shape index (κ2) is 6.95. The number of amides is 1. The number of anilines is 1. The predicted octanol–water partition coefficient (Wildman–Crippen LogP) is 2.96. The zero-order valence-electron chi connectivity index (χ0n) is 11.7. The van der Waals surface area contributed by atoms with Crippen molar-refractivity contribution in [3.05, 3.63) is 57.5 Å². The second-order valence-corrected chi connectivity index (χ2v) is 5.02. The van der Waals surface area contributed by atoms with Crippen LogP contribution >= 0.6 is 11.6 Å². The topological polar surface area (TPSA) is 97.4 Å². The molecule has 0 aliphatic rings. The van der Waals surface area contributed by atoms with Crippen LogP contribution in [0.15, 0.2) is 41.0 Å². The van der Waals surface area contributed by atoms with Gasteiger partial charge in [0.2, 0.25) is 5.91 Å². The van der Waals surface area contributed by atoms with Gasteiger partial charge in [0.05, 0.1) is 17.7 Å². The van der Waals surface area contributed by atoms with E-state index in [0.717, 1.165) is 0 Å². The molecule has 0 spiro atoms. The van der Waals surface area contributed by atoms with Gasteiger partial charge in [0, 0.05) is 11.1 Å². The van der Waals surface area contributed by atoms with E-state index in [1.165, 1.54) is 24.5 Å². The highest BCUT2D eigenvalue weighted by molar-refractivity contribution is 6.30. The first-order valence-corrected chi connectivity index (χ1v) is 6.85. The number of nitrogens with one attached hydrogen (secondary N) is 2. The summed E-state index contributed by atoms with van der Waals surface area (Å²) >= 11 is 5.74. The van der Waals surface area contributed by atoms with E-state index in [0.29, 0.717) is 5.76 Å². The minimum absolute atomic E-state index is 0.182. The molecule has 0 bridgehead atoms. The second-order valence-electron chi connectivity index (χ2n) is 4.58. The van der Waals surface area contributed by atoms with Crippen LogP contribution in [0.4, 0.5) is 11.4 Å². The molecule has 2 aromatic rings. The number of carbonyl (C=O) groups excluding carboxylic acids is 1. The Bertz CT molecular complexity index is 673. The Hall–Kier alpha value is -2.54. The number of carbonyl (C=O) groups is 1. The molecule has 0 aliphatic heterocycles. The zero-order valence-corrected chi connectivity index (χ0v) is 12.5. The third kappa shape index (κ3) is 3.98. The van der Waals surface area contributed by atoms with Crippen LogP contribution in [-0.4, -0.2) is 16.9 Å². The summed E-state index contributed by atoms with van der Waals surface area (Å²) in [5, 5.41) is 16.7. The Kier molecular flexibility index (Phi) is 5.00. The van der Waals surface area contributed by atoms with Crippen molar-refractivity contribution in [2.75, 3.05) is 5.32 Å². The first-order valence-electron chi connectivity index (χ1n) is 6.48. The quantitative estimate of drug-likeness (QED) is 0.629. The van der Waals surface area contributed by atoms with Crippen LogP contribution in [0.1, 0.15) is 12.7 Å². The van der Waals surface area contributed by atoms with E-state index in [4.69, 9.17) is 16.0 Å². The van der Waals surface area contributed by atoms with E-state index < -0.39 is 11.0 Å². The molecule has 1 atom stereocenters. The fourth-order valence-corrected chi connectivity index (χ4v) is 1.98. The molecule has 1 heterocycles. The maximum Gasteiger partial charge on any atom is 0.293 e. The van der Waals surface area contributed by atoms with E-state index in [2.05, 4.69) is 10.6 Å². The lowest BCUT2D eigenvalue weighted by molar-refractivity contribution is -0.384. The smallest absolute Gasteiger partial charge is 0.293 e. The number of nitro benzene ring substituents is 1. The molecule has 0 radical (unpaired) electrons. The average Bonchev–Trinajstić information content (AvgIpc) is 2.99. The number of nitro groups is 1. The predicted molar refractivity (Wildman–Crippen MR) is 81.7 cm³/mol. The van der Waals surface area contributed by atoms with Gasteiger partial charge in [-0.1, -0.05) is 11.6 Å². The van der Waals surface area contributed by atoms with E-state index >= 15 is 0 Å². The summed E-state index contributed by atoms with van der Waals surface area (Å²) in [7, 11) is 0. The Balaban J connectivity index is 2.00. The molecule has 0 aliphatic carbocycles.